The average Bonchev–Trinajstić information content (AvgIpc) is 4.14. The highest BCUT2D eigenvalue weighted by Gasteiger charge is 2.42. The van der Waals surface area contributed by atoms with Crippen molar-refractivity contribution in [3.05, 3.63) is 29.8 Å². The van der Waals surface area contributed by atoms with Crippen molar-refractivity contribution < 1.29 is 78.3 Å². The number of likely N-dealkylation sites (tertiary alicyclic amines) is 2. The molecule has 2 heterocycles. The maximum absolute atomic E-state index is 14.1. The summed E-state index contributed by atoms with van der Waals surface area (Å²) in [6.45, 7) is -1.29. The number of aliphatic carboxylic acids is 1. The topological polar surface area (TPSA) is 560 Å². The van der Waals surface area contributed by atoms with Crippen LogP contribution in [0.4, 0.5) is 0 Å². The quantitative estimate of drug-likeness (QED) is 0.0177. The Morgan fingerprint density at radius 3 is 1.49 bits per heavy atom. The fourth-order valence-electron chi connectivity index (χ4n) is 8.69. The molecular formula is C48H77N17O16. The third-order valence-corrected chi connectivity index (χ3v) is 13.0. The predicted molar refractivity (Wildman–Crippen MR) is 286 cm³/mol. The zero-order valence-electron chi connectivity index (χ0n) is 44.8. The molecule has 0 spiro atoms. The summed E-state index contributed by atoms with van der Waals surface area (Å²) in [6, 6.07) is -9.01. The van der Waals surface area contributed by atoms with E-state index in [1.165, 1.54) is 36.1 Å². The van der Waals surface area contributed by atoms with Crippen LogP contribution in [-0.2, 0) is 59.2 Å². The molecule has 0 aliphatic carbocycles. The van der Waals surface area contributed by atoms with E-state index >= 15 is 0 Å². The van der Waals surface area contributed by atoms with Crippen molar-refractivity contribution in [3.63, 3.8) is 0 Å². The first-order valence-corrected chi connectivity index (χ1v) is 26.0. The van der Waals surface area contributed by atoms with E-state index < -0.39 is 152 Å². The number of nitrogens with one attached hydrogen (secondary N) is 7. The molecule has 81 heavy (non-hydrogen) atoms. The van der Waals surface area contributed by atoms with Crippen molar-refractivity contribution in [1.29, 1.82) is 0 Å². The third kappa shape index (κ3) is 21.6. The van der Waals surface area contributed by atoms with Crippen LogP contribution in [-0.4, -0.2) is 219 Å². The van der Waals surface area contributed by atoms with E-state index in [4.69, 9.17) is 34.4 Å². The number of aromatic hydroxyl groups is 1. The Morgan fingerprint density at radius 2 is 1.01 bits per heavy atom. The van der Waals surface area contributed by atoms with Gasteiger partial charge in [0.15, 0.2) is 11.9 Å². The molecule has 0 bridgehead atoms. The minimum absolute atomic E-state index is 0.000397. The van der Waals surface area contributed by atoms with Gasteiger partial charge in [0.1, 0.15) is 66.2 Å². The molecule has 2 saturated heterocycles. The number of carboxylic acids is 1. The van der Waals surface area contributed by atoms with Gasteiger partial charge in [-0.25, -0.2) is 4.79 Å². The van der Waals surface area contributed by atoms with Crippen LogP contribution in [0.1, 0.15) is 76.7 Å². The number of hydrogen-bond acceptors (Lipinski definition) is 18. The second-order valence-electron chi connectivity index (χ2n) is 19.2. The first kappa shape index (κ1) is 66.8. The highest BCUT2D eigenvalue weighted by Crippen LogP contribution is 2.22. The van der Waals surface area contributed by atoms with Crippen LogP contribution in [0.3, 0.4) is 0 Å². The normalized spacial score (nSPS) is 17.7. The molecular weight excluding hydrogens is 1070 g/mol. The van der Waals surface area contributed by atoms with Crippen molar-refractivity contribution in [2.45, 2.75) is 138 Å². The Balaban J connectivity index is 1.76. The fourth-order valence-corrected chi connectivity index (χ4v) is 8.69. The van der Waals surface area contributed by atoms with Crippen LogP contribution in [0, 0.1) is 0 Å². The molecule has 0 aromatic heterocycles. The van der Waals surface area contributed by atoms with Gasteiger partial charge in [0.25, 0.3) is 0 Å². The van der Waals surface area contributed by atoms with Gasteiger partial charge < -0.3 is 107 Å². The zero-order valence-corrected chi connectivity index (χ0v) is 44.8. The largest absolute Gasteiger partial charge is 0.508 e. The molecule has 10 atom stereocenters. The van der Waals surface area contributed by atoms with Gasteiger partial charge in [-0.15, -0.1) is 0 Å². The van der Waals surface area contributed by atoms with Crippen molar-refractivity contribution in [3.8, 4) is 5.75 Å². The van der Waals surface area contributed by atoms with E-state index in [0.29, 0.717) is 12.0 Å². The number of amides is 10. The molecule has 0 unspecified atom stereocenters. The fraction of sp³-hybridized carbons (Fsp3) is 0.604. The number of aliphatic hydroxyl groups is 3. The number of benzene rings is 1. The molecule has 24 N–H and O–H groups in total. The number of primary amides is 1. The van der Waals surface area contributed by atoms with Gasteiger partial charge in [-0.2, -0.15) is 0 Å². The lowest BCUT2D eigenvalue weighted by atomic mass is 10.0. The molecule has 0 radical (unpaired) electrons. The number of hydrogen-bond donors (Lipinski definition) is 18. The Bertz CT molecular complexity index is 2440. The number of nitrogens with zero attached hydrogens (tertiary/aromatic N) is 4. The van der Waals surface area contributed by atoms with E-state index in [-0.39, 0.29) is 102 Å². The van der Waals surface area contributed by atoms with Crippen LogP contribution in [0.15, 0.2) is 34.3 Å². The smallest absolute Gasteiger partial charge is 0.326 e. The first-order valence-electron chi connectivity index (χ1n) is 26.0. The molecule has 33 heteroatoms. The van der Waals surface area contributed by atoms with E-state index in [1.54, 1.807) is 0 Å². The summed E-state index contributed by atoms with van der Waals surface area (Å²) < 4.78 is 0. The maximum atomic E-state index is 14.1. The summed E-state index contributed by atoms with van der Waals surface area (Å²) in [4.78, 5) is 156. The lowest BCUT2D eigenvalue weighted by molar-refractivity contribution is -0.145. The summed E-state index contributed by atoms with van der Waals surface area (Å²) >= 11 is 0. The van der Waals surface area contributed by atoms with Crippen LogP contribution in [0.5, 0.6) is 5.75 Å². The molecule has 2 aliphatic rings. The van der Waals surface area contributed by atoms with Crippen molar-refractivity contribution in [2.24, 2.45) is 44.4 Å². The number of aliphatic hydroxyl groups excluding tert-OH is 3. The lowest BCUT2D eigenvalue weighted by Crippen LogP contribution is -2.61. The third-order valence-electron chi connectivity index (χ3n) is 13.0. The SMILES string of the molecule is C[C@H](NC(=O)[C@H](CCCN=C(N)N)NC(=O)[C@@H](N)CO)C(=O)N1CCC[C@H]1C(=O)N[C@@H](CO)C(=O)N1CCC[C@H]1C(=O)N[C@@H](CO)C(=O)N[C@@H](Cc1ccc(O)cc1)C(=O)N[C@@H](CCCN=C(N)N)C(=O)N[C@@H](CCC(N)=O)C(=O)O. The minimum atomic E-state index is -1.78. The summed E-state index contributed by atoms with van der Waals surface area (Å²) in [5, 5.41) is 66.7. The molecule has 2 aliphatic heterocycles. The highest BCUT2D eigenvalue weighted by atomic mass is 16.4. The van der Waals surface area contributed by atoms with E-state index in [2.05, 4.69) is 47.2 Å². The summed E-state index contributed by atoms with van der Waals surface area (Å²) in [7, 11) is 0. The Kier molecular flexibility index (Phi) is 27.4. The summed E-state index contributed by atoms with van der Waals surface area (Å²) in [5.41, 5.74) is 32.7. The van der Waals surface area contributed by atoms with Crippen LogP contribution >= 0.6 is 0 Å². The van der Waals surface area contributed by atoms with Crippen molar-refractivity contribution in [2.75, 3.05) is 46.0 Å². The zero-order chi connectivity index (χ0) is 60.5. The second kappa shape index (κ2) is 33.2. The van der Waals surface area contributed by atoms with Gasteiger partial charge in [-0.1, -0.05) is 12.1 Å². The molecule has 10 amide bonds. The molecule has 1 aromatic rings. The number of nitrogens with two attached hydrogens (primary N) is 6. The number of phenolic OH excluding ortho intramolecular Hbond substituents is 1. The van der Waals surface area contributed by atoms with Crippen molar-refractivity contribution >= 4 is 77.0 Å². The average molecular weight is 1150 g/mol. The number of guanidine groups is 2. The van der Waals surface area contributed by atoms with E-state index in [1.807, 2.05) is 0 Å². The molecule has 450 valence electrons. The summed E-state index contributed by atoms with van der Waals surface area (Å²) in [6.07, 6.45) is -0.282. The predicted octanol–water partition coefficient (Wildman–Crippen LogP) is -8.91. The molecule has 33 nitrogen and oxygen atoms in total. The monoisotopic (exact) mass is 1150 g/mol. The van der Waals surface area contributed by atoms with Crippen LogP contribution in [0.2, 0.25) is 0 Å². The number of aliphatic imine (C=N–C) groups is 2. The molecule has 1 aromatic carbocycles. The standard InChI is InChI=1S/C48H77N17O16/c1-24(57-38(72)28(6-2-16-55-47(51)52)58-37(71)27(49)21-66)44(78)64-18-4-8-34(64)43(77)63-33(23-68)45(79)65-19-5-9-35(65)42(76)62-32(22-67)41(75)61-31(20-25-10-12-26(69)13-11-25)40(74)59-29(7-3-17-56-48(53)54)39(73)60-30(46(80)81)14-15-36(50)70/h10-13,24,27-35,66-69H,2-9,14-23,49H2,1H3,(H2,50,70)(H,57,72)(H,58,71)(H,59,74)(H,60,73)(H,61,75)(H,62,76)(H,63,77)(H,80,81)(H4,51,52,55)(H4,53,54,56)/t24-,27-,28-,29-,30-,31-,32-,33-,34-,35-/m0/s1. The van der Waals surface area contributed by atoms with E-state index in [9.17, 15) is 78.3 Å². The van der Waals surface area contributed by atoms with Gasteiger partial charge in [-0.3, -0.25) is 57.9 Å². The number of carbonyl (C=O) groups is 11. The maximum Gasteiger partial charge on any atom is 0.326 e. The van der Waals surface area contributed by atoms with Gasteiger partial charge >= 0.3 is 5.97 Å². The Labute approximate surface area is 465 Å². The number of rotatable bonds is 33. The van der Waals surface area contributed by atoms with Gasteiger partial charge in [0.2, 0.25) is 59.1 Å². The number of carbonyl (C=O) groups excluding carboxylic acids is 10. The van der Waals surface area contributed by atoms with Gasteiger partial charge in [0.05, 0.1) is 19.8 Å². The van der Waals surface area contributed by atoms with Crippen molar-refractivity contribution in [1.82, 2.24) is 47.0 Å². The molecule has 2 fully saturated rings. The van der Waals surface area contributed by atoms with Gasteiger partial charge in [0, 0.05) is 39.0 Å². The van der Waals surface area contributed by atoms with Crippen LogP contribution < -0.4 is 71.6 Å². The first-order chi connectivity index (χ1) is 38.3. The molecule has 3 rings (SSSR count). The Hall–Kier alpha value is -8.43. The minimum Gasteiger partial charge on any atom is -0.508 e. The van der Waals surface area contributed by atoms with Crippen LogP contribution in [0.25, 0.3) is 0 Å². The lowest BCUT2D eigenvalue weighted by Gasteiger charge is -2.31. The highest BCUT2D eigenvalue weighted by molar-refractivity contribution is 5.99. The number of carboxylic acid groups (broad SMARTS) is 1. The Morgan fingerprint density at radius 1 is 0.568 bits per heavy atom. The van der Waals surface area contributed by atoms with Gasteiger partial charge in [-0.05, 0) is 82.4 Å². The summed E-state index contributed by atoms with van der Waals surface area (Å²) in [5.74, 6) is -11.1. The number of phenols is 1. The second-order valence-corrected chi connectivity index (χ2v) is 19.2. The molecule has 0 saturated carbocycles. The van der Waals surface area contributed by atoms with E-state index in [0.717, 1.165) is 4.90 Å².